The number of nitrogens with zero attached hydrogens (tertiary/aromatic N) is 7. The Kier molecular flexibility index (Phi) is 11.1. The van der Waals surface area contributed by atoms with Crippen molar-refractivity contribution < 1.29 is 36.0 Å². The minimum absolute atomic E-state index is 0.0253. The van der Waals surface area contributed by atoms with Crippen LogP contribution < -0.4 is 10.2 Å². The minimum Gasteiger partial charge on any atom is -0.443 e. The number of rotatable bonds is 12. The van der Waals surface area contributed by atoms with Crippen molar-refractivity contribution >= 4 is 61.3 Å². The van der Waals surface area contributed by atoms with E-state index in [1.165, 1.54) is 29.4 Å². The second-order valence-corrected chi connectivity index (χ2v) is 20.3. The van der Waals surface area contributed by atoms with E-state index in [-0.39, 0.29) is 23.1 Å². The molecule has 4 heterocycles. The molecule has 8 rings (SSSR count). The van der Waals surface area contributed by atoms with Crippen LogP contribution in [0, 0.1) is 0 Å². The van der Waals surface area contributed by atoms with Crippen LogP contribution in [0.5, 0.6) is 0 Å². The fraction of sp³-hybridized carbons (Fsp3) is 0.341. The number of amides is 1. The van der Waals surface area contributed by atoms with Crippen LogP contribution in [-0.4, -0.2) is 94.9 Å². The van der Waals surface area contributed by atoms with Gasteiger partial charge in [0.15, 0.2) is 43.5 Å². The monoisotopic (exact) mass is 840 g/mol. The van der Waals surface area contributed by atoms with Crippen LogP contribution in [-0.2, 0) is 35.9 Å². The molecule has 2 aromatic carbocycles. The van der Waals surface area contributed by atoms with Crippen molar-refractivity contribution in [3.05, 3.63) is 95.3 Å². The third-order valence-electron chi connectivity index (χ3n) is 9.21. The predicted octanol–water partition coefficient (Wildman–Crippen LogP) is 5.99. The summed E-state index contributed by atoms with van der Waals surface area (Å²) in [4.78, 5) is 46.8. The first-order valence-electron chi connectivity index (χ1n) is 18.9. The van der Waals surface area contributed by atoms with E-state index in [9.17, 15) is 31.2 Å². The lowest BCUT2D eigenvalue weighted by molar-refractivity contribution is 0.0575. The zero-order valence-electron chi connectivity index (χ0n) is 33.2. The van der Waals surface area contributed by atoms with Crippen molar-refractivity contribution in [2.45, 2.75) is 75.6 Å². The van der Waals surface area contributed by atoms with Crippen molar-refractivity contribution in [1.82, 2.24) is 29.2 Å². The van der Waals surface area contributed by atoms with E-state index in [4.69, 9.17) is 4.74 Å². The van der Waals surface area contributed by atoms with E-state index >= 15 is 0 Å². The molecule has 2 saturated carbocycles. The van der Waals surface area contributed by atoms with Gasteiger partial charge in [-0.3, -0.25) is 14.5 Å². The highest BCUT2D eigenvalue weighted by atomic mass is 32.2. The Hall–Kier alpha value is -6.01. The van der Waals surface area contributed by atoms with Gasteiger partial charge in [0.2, 0.25) is 0 Å². The number of fused-ring (bicyclic) bond motifs is 2. The van der Waals surface area contributed by atoms with Gasteiger partial charge in [-0.25, -0.2) is 31.6 Å². The summed E-state index contributed by atoms with van der Waals surface area (Å²) in [5.41, 5.74) is 4.74. The van der Waals surface area contributed by atoms with Crippen LogP contribution >= 0.6 is 0 Å². The lowest BCUT2D eigenvalue weighted by Crippen LogP contribution is -2.39. The van der Waals surface area contributed by atoms with Gasteiger partial charge in [0.05, 0.1) is 46.4 Å². The van der Waals surface area contributed by atoms with Crippen LogP contribution in [0.15, 0.2) is 73.1 Å². The Morgan fingerprint density at radius 3 is 1.76 bits per heavy atom. The van der Waals surface area contributed by atoms with Gasteiger partial charge in [0.25, 0.3) is 0 Å². The van der Waals surface area contributed by atoms with Crippen molar-refractivity contribution in [3.8, 4) is 22.5 Å². The van der Waals surface area contributed by atoms with E-state index in [1.807, 2.05) is 24.3 Å². The van der Waals surface area contributed by atoms with E-state index < -0.39 is 31.4 Å². The van der Waals surface area contributed by atoms with Gasteiger partial charge >= 0.3 is 6.09 Å². The molecule has 1 amide bonds. The zero-order valence-corrected chi connectivity index (χ0v) is 34.8. The number of carbonyl (C=O) groups is 3. The fourth-order valence-corrected chi connectivity index (χ4v) is 8.01. The molecule has 18 heteroatoms. The summed E-state index contributed by atoms with van der Waals surface area (Å²) >= 11 is 0. The number of hydrogen-bond donors (Lipinski definition) is 1. The molecule has 6 aromatic rings. The molecular weight excluding hydrogens is 797 g/mol. The number of sulfone groups is 2. The second kappa shape index (κ2) is 16.0. The highest BCUT2D eigenvalue weighted by Gasteiger charge is 2.38. The molecule has 0 spiro atoms. The predicted molar refractivity (Wildman–Crippen MR) is 223 cm³/mol. The average Bonchev–Trinajstić information content (AvgIpc) is 4.07. The maximum absolute atomic E-state index is 13.1. The number of benzene rings is 2. The highest BCUT2D eigenvalue weighted by Crippen LogP contribution is 2.36. The van der Waals surface area contributed by atoms with Crippen LogP contribution in [0.3, 0.4) is 0 Å². The fourth-order valence-electron chi connectivity index (χ4n) is 6.44. The molecule has 16 nitrogen and oxygen atoms in total. The topological polar surface area (TPSA) is 204 Å². The molecule has 0 unspecified atom stereocenters. The molecule has 2 aliphatic carbocycles. The normalized spacial score (nSPS) is 14.4. The maximum atomic E-state index is 13.1. The van der Waals surface area contributed by atoms with Crippen molar-refractivity contribution in [2.24, 2.45) is 0 Å². The summed E-state index contributed by atoms with van der Waals surface area (Å²) in [6.07, 6.45) is 10.0. The summed E-state index contributed by atoms with van der Waals surface area (Å²) in [5.74, 6) is 1.08. The number of ether oxygens (including phenoxy) is 1. The molecule has 59 heavy (non-hydrogen) atoms. The van der Waals surface area contributed by atoms with Gasteiger partial charge in [-0.05, 0) is 69.7 Å². The third-order valence-corrected chi connectivity index (χ3v) is 10.9. The van der Waals surface area contributed by atoms with Gasteiger partial charge < -0.3 is 10.1 Å². The lowest BCUT2D eigenvalue weighted by atomic mass is 10.1. The first-order valence-corrected chi connectivity index (χ1v) is 23.0. The highest BCUT2D eigenvalue weighted by molar-refractivity contribution is 7.90. The number of nitrogens with one attached hydrogen (secondary N) is 1. The Balaban J connectivity index is 0.000000184. The average molecular weight is 841 g/mol. The van der Waals surface area contributed by atoms with Crippen LogP contribution in [0.25, 0.3) is 33.8 Å². The van der Waals surface area contributed by atoms with Gasteiger partial charge in [-0.1, -0.05) is 36.4 Å². The summed E-state index contributed by atoms with van der Waals surface area (Å²) < 4.78 is 55.4. The quantitative estimate of drug-likeness (QED) is 0.141. The summed E-state index contributed by atoms with van der Waals surface area (Å²) in [7, 11) is -6.34. The van der Waals surface area contributed by atoms with Crippen LogP contribution in [0.1, 0.15) is 78.3 Å². The van der Waals surface area contributed by atoms with Crippen molar-refractivity contribution in [3.63, 3.8) is 0 Å². The van der Waals surface area contributed by atoms with Gasteiger partial charge in [-0.15, -0.1) is 0 Å². The summed E-state index contributed by atoms with van der Waals surface area (Å²) in [6.45, 7) is 5.40. The second-order valence-electron chi connectivity index (χ2n) is 16.0. The van der Waals surface area contributed by atoms with E-state index in [0.717, 1.165) is 43.4 Å². The Labute approximate surface area is 341 Å². The molecule has 0 radical (unpaired) electrons. The molecule has 1 N–H and O–H groups in total. The number of anilines is 2. The van der Waals surface area contributed by atoms with Crippen molar-refractivity contribution in [2.75, 3.05) is 22.7 Å². The molecule has 2 fully saturated rings. The van der Waals surface area contributed by atoms with Crippen LogP contribution in [0.4, 0.5) is 16.4 Å². The van der Waals surface area contributed by atoms with E-state index in [2.05, 4.69) is 25.5 Å². The molecule has 0 saturated heterocycles. The molecule has 2 aliphatic rings. The minimum atomic E-state index is -3.22. The van der Waals surface area contributed by atoms with Gasteiger partial charge in [0.1, 0.15) is 17.2 Å². The molecule has 0 bridgehead atoms. The maximum Gasteiger partial charge on any atom is 0.416 e. The largest absolute Gasteiger partial charge is 0.443 e. The van der Waals surface area contributed by atoms with Gasteiger partial charge in [0, 0.05) is 47.9 Å². The Morgan fingerprint density at radius 1 is 0.780 bits per heavy atom. The number of carbonyl (C=O) groups excluding carboxylic acids is 3. The zero-order chi connectivity index (χ0) is 42.3. The third kappa shape index (κ3) is 10.2. The summed E-state index contributed by atoms with van der Waals surface area (Å²) in [5, 5.41) is 12.0. The standard InChI is InChI=1S/C23H26N4O5S.C18H18N4O3S/c1-23(2,3)32-22(29)26(18-8-9-18)20-11-19(25-21-17(13-28)12-24-27(20)21)16-7-5-6-15(10-16)14-33(4,30)31;1-26(24,25)11-12-3-2-4-13(7-12)16-8-17(20-15-5-6-15)22-18(21-16)14(10-23)9-19-22/h5-7,10-13,18H,8-9,14H2,1-4H3;2-4,7-10,15,20H,5-6,11H2,1H3. The molecule has 4 aromatic heterocycles. The molecule has 0 atom stereocenters. The Morgan fingerprint density at radius 2 is 1.29 bits per heavy atom. The number of aldehydes is 2. The number of aromatic nitrogens is 6. The van der Waals surface area contributed by atoms with E-state index in [1.54, 1.807) is 66.6 Å². The smallest absolute Gasteiger partial charge is 0.416 e. The molecular formula is C41H44N8O8S2. The Bertz CT molecular complexity index is 2820. The van der Waals surface area contributed by atoms with Crippen LogP contribution in [0.2, 0.25) is 0 Å². The number of hydrogen-bond acceptors (Lipinski definition) is 13. The SMILES string of the molecule is CC(C)(C)OC(=O)N(c1cc(-c2cccc(CS(C)(=O)=O)c2)nc2c(C=O)cnn12)C1CC1.CS(=O)(=O)Cc1cccc(-c2cc(NC3CC3)n3ncc(C=O)c3n2)c1. The first kappa shape index (κ1) is 41.2. The molecule has 308 valence electrons. The lowest BCUT2D eigenvalue weighted by Gasteiger charge is -2.27. The van der Waals surface area contributed by atoms with Gasteiger partial charge in [-0.2, -0.15) is 19.2 Å². The van der Waals surface area contributed by atoms with Crippen molar-refractivity contribution in [1.29, 1.82) is 0 Å². The molecule has 0 aliphatic heterocycles. The van der Waals surface area contributed by atoms with E-state index in [0.29, 0.717) is 63.1 Å². The first-order chi connectivity index (χ1) is 27.9. The summed E-state index contributed by atoms with van der Waals surface area (Å²) in [6, 6.07) is 18.3.